The average molecular weight is 112 g/mol. The topological polar surface area (TPSA) is 38.0 Å². The van der Waals surface area contributed by atoms with Crippen LogP contribution in [-0.2, 0) is 0 Å². The summed E-state index contributed by atoms with van der Waals surface area (Å²) < 4.78 is 0. The lowest BCUT2D eigenvalue weighted by Gasteiger charge is -1.87. The predicted octanol–water partition coefficient (Wildman–Crippen LogP) is 0.270. The van der Waals surface area contributed by atoms with Crippen molar-refractivity contribution in [2.75, 3.05) is 0 Å². The molecule has 0 amide bonds. The minimum atomic E-state index is 0.493. The van der Waals surface area contributed by atoms with Gasteiger partial charge in [0.25, 0.3) is 0 Å². The Morgan fingerprint density at radius 3 is 2.50 bits per heavy atom. The van der Waals surface area contributed by atoms with Crippen LogP contribution in [0.25, 0.3) is 0 Å². The molecule has 2 nitrogen and oxygen atoms in total. The minimum Gasteiger partial charge on any atom is -0.271 e. The molecule has 0 radical (unpaired) electrons. The van der Waals surface area contributed by atoms with Crippen LogP contribution in [0.4, 0.5) is 0 Å². The molecule has 1 aliphatic rings. The second-order valence-corrected chi connectivity index (χ2v) is 2.36. The molecule has 46 valence electrons. The Morgan fingerprint density at radius 1 is 1.75 bits per heavy atom. The first-order valence-electron chi connectivity index (χ1n) is 2.90. The SMILES string of the molecule is C=CC1C(C)C1NN. The van der Waals surface area contributed by atoms with Gasteiger partial charge in [-0.3, -0.25) is 11.3 Å². The van der Waals surface area contributed by atoms with Crippen molar-refractivity contribution in [3.8, 4) is 0 Å². The first-order chi connectivity index (χ1) is 3.81. The molecule has 3 atom stereocenters. The lowest BCUT2D eigenvalue weighted by Crippen LogP contribution is -2.26. The van der Waals surface area contributed by atoms with Gasteiger partial charge in [-0.1, -0.05) is 13.0 Å². The molecule has 0 aliphatic heterocycles. The first-order valence-corrected chi connectivity index (χ1v) is 2.90. The summed E-state index contributed by atoms with van der Waals surface area (Å²) in [7, 11) is 0. The highest BCUT2D eigenvalue weighted by Crippen LogP contribution is 2.38. The van der Waals surface area contributed by atoms with E-state index >= 15 is 0 Å². The molecule has 1 fully saturated rings. The average Bonchev–Trinajstić information content (AvgIpc) is 2.40. The van der Waals surface area contributed by atoms with Crippen LogP contribution in [0, 0.1) is 11.8 Å². The fourth-order valence-electron chi connectivity index (χ4n) is 1.12. The normalized spacial score (nSPS) is 44.0. The Balaban J connectivity index is 2.33. The van der Waals surface area contributed by atoms with Gasteiger partial charge in [0.2, 0.25) is 0 Å². The Kier molecular flexibility index (Phi) is 1.36. The van der Waals surface area contributed by atoms with E-state index in [1.54, 1.807) is 0 Å². The van der Waals surface area contributed by atoms with Gasteiger partial charge in [-0.2, -0.15) is 0 Å². The summed E-state index contributed by atoms with van der Waals surface area (Å²) in [4.78, 5) is 0. The van der Waals surface area contributed by atoms with E-state index in [9.17, 15) is 0 Å². The van der Waals surface area contributed by atoms with Gasteiger partial charge < -0.3 is 0 Å². The zero-order valence-corrected chi connectivity index (χ0v) is 5.09. The van der Waals surface area contributed by atoms with Gasteiger partial charge in [0, 0.05) is 6.04 Å². The molecule has 0 saturated heterocycles. The molecule has 1 rings (SSSR count). The fourth-order valence-corrected chi connectivity index (χ4v) is 1.12. The lowest BCUT2D eigenvalue weighted by atomic mass is 10.3. The molecule has 0 aromatic rings. The second kappa shape index (κ2) is 1.88. The monoisotopic (exact) mass is 112 g/mol. The van der Waals surface area contributed by atoms with Crippen molar-refractivity contribution in [2.24, 2.45) is 17.7 Å². The molecule has 0 bridgehead atoms. The van der Waals surface area contributed by atoms with Gasteiger partial charge in [-0.15, -0.1) is 6.58 Å². The van der Waals surface area contributed by atoms with Crippen molar-refractivity contribution in [1.82, 2.24) is 5.43 Å². The van der Waals surface area contributed by atoms with Crippen LogP contribution >= 0.6 is 0 Å². The van der Waals surface area contributed by atoms with Gasteiger partial charge >= 0.3 is 0 Å². The minimum absolute atomic E-state index is 0.493. The summed E-state index contributed by atoms with van der Waals surface area (Å²) in [5, 5.41) is 0. The molecule has 1 aliphatic carbocycles. The Labute approximate surface area is 49.7 Å². The highest BCUT2D eigenvalue weighted by Gasteiger charge is 2.43. The van der Waals surface area contributed by atoms with E-state index in [4.69, 9.17) is 5.84 Å². The summed E-state index contributed by atoms with van der Waals surface area (Å²) in [5.41, 5.74) is 2.72. The third-order valence-electron chi connectivity index (χ3n) is 1.91. The molecule has 1 saturated carbocycles. The van der Waals surface area contributed by atoms with E-state index in [2.05, 4.69) is 18.9 Å². The molecule has 0 aromatic heterocycles. The van der Waals surface area contributed by atoms with E-state index in [1.165, 1.54) is 0 Å². The van der Waals surface area contributed by atoms with Crippen LogP contribution in [-0.4, -0.2) is 6.04 Å². The van der Waals surface area contributed by atoms with E-state index < -0.39 is 0 Å². The molecule has 3 N–H and O–H groups in total. The zero-order chi connectivity index (χ0) is 6.15. The van der Waals surface area contributed by atoms with Crippen molar-refractivity contribution in [1.29, 1.82) is 0 Å². The maximum absolute atomic E-state index is 5.19. The molecular formula is C6H12N2. The van der Waals surface area contributed by atoms with Gasteiger partial charge in [0.15, 0.2) is 0 Å². The van der Waals surface area contributed by atoms with E-state index in [-0.39, 0.29) is 0 Å². The van der Waals surface area contributed by atoms with Crippen LogP contribution in [0.3, 0.4) is 0 Å². The molecule has 8 heavy (non-hydrogen) atoms. The van der Waals surface area contributed by atoms with Gasteiger partial charge in [-0.25, -0.2) is 0 Å². The number of hydrogen-bond acceptors (Lipinski definition) is 2. The van der Waals surface area contributed by atoms with Crippen molar-refractivity contribution in [3.05, 3.63) is 12.7 Å². The molecule has 3 unspecified atom stereocenters. The largest absolute Gasteiger partial charge is 0.271 e. The van der Waals surface area contributed by atoms with Crippen molar-refractivity contribution in [3.63, 3.8) is 0 Å². The zero-order valence-electron chi connectivity index (χ0n) is 5.09. The molecule has 2 heteroatoms. The van der Waals surface area contributed by atoms with Gasteiger partial charge in [0.1, 0.15) is 0 Å². The van der Waals surface area contributed by atoms with E-state index in [0.29, 0.717) is 17.9 Å². The quantitative estimate of drug-likeness (QED) is 0.306. The third-order valence-corrected chi connectivity index (χ3v) is 1.91. The van der Waals surface area contributed by atoms with Gasteiger partial charge in [0.05, 0.1) is 0 Å². The number of hydrogen-bond donors (Lipinski definition) is 2. The number of hydrazine groups is 1. The van der Waals surface area contributed by atoms with Crippen LogP contribution in [0.5, 0.6) is 0 Å². The van der Waals surface area contributed by atoms with Crippen LogP contribution in [0.1, 0.15) is 6.92 Å². The predicted molar refractivity (Wildman–Crippen MR) is 34.0 cm³/mol. The molecular weight excluding hydrogens is 100 g/mol. The van der Waals surface area contributed by atoms with Crippen LogP contribution in [0.2, 0.25) is 0 Å². The first kappa shape index (κ1) is 5.79. The Bertz CT molecular complexity index is 101. The maximum atomic E-state index is 5.19. The van der Waals surface area contributed by atoms with E-state index in [1.807, 2.05) is 6.08 Å². The van der Waals surface area contributed by atoms with Crippen LogP contribution in [0.15, 0.2) is 12.7 Å². The maximum Gasteiger partial charge on any atom is 0.0308 e. The third kappa shape index (κ3) is 0.659. The standard InChI is InChI=1S/C6H12N2/c1-3-5-4(2)6(5)8-7/h3-6,8H,1,7H2,2H3. The van der Waals surface area contributed by atoms with E-state index in [0.717, 1.165) is 0 Å². The highest BCUT2D eigenvalue weighted by molar-refractivity contribution is 5.08. The summed E-state index contributed by atoms with van der Waals surface area (Å²) in [6.45, 7) is 5.84. The molecule has 0 aromatic carbocycles. The summed E-state index contributed by atoms with van der Waals surface area (Å²) in [5.74, 6) is 6.50. The Hall–Kier alpha value is -0.340. The summed E-state index contributed by atoms with van der Waals surface area (Å²) in [6, 6.07) is 0.493. The van der Waals surface area contributed by atoms with Crippen molar-refractivity contribution >= 4 is 0 Å². The number of nitrogens with one attached hydrogen (secondary N) is 1. The summed E-state index contributed by atoms with van der Waals surface area (Å²) in [6.07, 6.45) is 1.95. The fraction of sp³-hybridized carbons (Fsp3) is 0.667. The number of nitrogens with two attached hydrogens (primary N) is 1. The smallest absolute Gasteiger partial charge is 0.0308 e. The summed E-state index contributed by atoms with van der Waals surface area (Å²) >= 11 is 0. The Morgan fingerprint density at radius 2 is 2.38 bits per heavy atom. The number of rotatable bonds is 2. The van der Waals surface area contributed by atoms with Gasteiger partial charge in [-0.05, 0) is 11.8 Å². The van der Waals surface area contributed by atoms with Crippen molar-refractivity contribution < 1.29 is 0 Å². The molecule has 0 heterocycles. The van der Waals surface area contributed by atoms with Crippen LogP contribution < -0.4 is 11.3 Å². The molecule has 0 spiro atoms. The van der Waals surface area contributed by atoms with Crippen molar-refractivity contribution in [2.45, 2.75) is 13.0 Å². The second-order valence-electron chi connectivity index (χ2n) is 2.36. The lowest BCUT2D eigenvalue weighted by molar-refractivity contribution is 0.683. The highest BCUT2D eigenvalue weighted by atomic mass is 15.3.